The second kappa shape index (κ2) is 8.14. The molecule has 0 aliphatic heterocycles. The average molecular weight is 374 g/mol. The fourth-order valence-corrected chi connectivity index (χ4v) is 3.44. The number of aryl methyl sites for hydroxylation is 1. The molecule has 7 heteroatoms. The van der Waals surface area contributed by atoms with Crippen molar-refractivity contribution in [3.05, 3.63) is 59.2 Å². The number of amides is 1. The monoisotopic (exact) mass is 374 g/mol. The van der Waals surface area contributed by atoms with E-state index in [0.29, 0.717) is 23.2 Å². The highest BCUT2D eigenvalue weighted by atomic mass is 32.2. The Balaban J connectivity index is 2.33. The van der Waals surface area contributed by atoms with Gasteiger partial charge >= 0.3 is 0 Å². The van der Waals surface area contributed by atoms with Gasteiger partial charge in [0.15, 0.2) is 5.78 Å². The number of hydrogen-bond acceptors (Lipinski definition) is 4. The van der Waals surface area contributed by atoms with Gasteiger partial charge in [0, 0.05) is 23.4 Å². The number of carbonyl (C=O) groups excluding carboxylic acids is 2. The molecule has 0 spiro atoms. The van der Waals surface area contributed by atoms with Crippen molar-refractivity contribution < 1.29 is 18.0 Å². The Morgan fingerprint density at radius 3 is 2.46 bits per heavy atom. The van der Waals surface area contributed by atoms with Crippen molar-refractivity contribution in [2.75, 3.05) is 11.3 Å². The molecule has 138 valence electrons. The van der Waals surface area contributed by atoms with Gasteiger partial charge < -0.3 is 5.32 Å². The van der Waals surface area contributed by atoms with Crippen LogP contribution in [-0.4, -0.2) is 26.7 Å². The Kier molecular flexibility index (Phi) is 6.15. The number of hydrogen-bond donors (Lipinski definition) is 2. The largest absolute Gasteiger partial charge is 0.352 e. The van der Waals surface area contributed by atoms with Gasteiger partial charge in [0.05, 0.1) is 4.90 Å². The van der Waals surface area contributed by atoms with Crippen molar-refractivity contribution in [1.82, 2.24) is 5.32 Å². The number of carbonyl (C=O) groups is 2. The van der Waals surface area contributed by atoms with Crippen LogP contribution in [0.4, 0.5) is 5.69 Å². The Hall–Kier alpha value is -2.67. The predicted octanol–water partition coefficient (Wildman–Crippen LogP) is 3.14. The standard InChI is InChI=1S/C19H22N2O4S/c1-4-10-20-19(23)18-12-17(9-8-13(18)2)26(24,25)21-16-7-5-6-15(11-16)14(3)22/h5-9,11-12,21H,4,10H2,1-3H3,(H,20,23). The summed E-state index contributed by atoms with van der Waals surface area (Å²) in [4.78, 5) is 23.7. The van der Waals surface area contributed by atoms with Crippen LogP contribution in [0.3, 0.4) is 0 Å². The van der Waals surface area contributed by atoms with Crippen LogP contribution in [0.2, 0.25) is 0 Å². The van der Waals surface area contributed by atoms with E-state index in [1.54, 1.807) is 31.2 Å². The van der Waals surface area contributed by atoms with Gasteiger partial charge in [-0.1, -0.05) is 25.1 Å². The maximum Gasteiger partial charge on any atom is 0.261 e. The van der Waals surface area contributed by atoms with E-state index in [-0.39, 0.29) is 22.3 Å². The molecular weight excluding hydrogens is 352 g/mol. The van der Waals surface area contributed by atoms with Gasteiger partial charge in [-0.05, 0) is 50.1 Å². The van der Waals surface area contributed by atoms with Crippen molar-refractivity contribution in [1.29, 1.82) is 0 Å². The minimum Gasteiger partial charge on any atom is -0.352 e. The zero-order valence-corrected chi connectivity index (χ0v) is 15.8. The summed E-state index contributed by atoms with van der Waals surface area (Å²) in [7, 11) is -3.89. The fraction of sp³-hybridized carbons (Fsp3) is 0.263. The number of nitrogens with one attached hydrogen (secondary N) is 2. The molecule has 0 saturated heterocycles. The van der Waals surface area contributed by atoms with Crippen molar-refractivity contribution in [3.8, 4) is 0 Å². The minimum atomic E-state index is -3.89. The van der Waals surface area contributed by atoms with Crippen LogP contribution in [-0.2, 0) is 10.0 Å². The van der Waals surface area contributed by atoms with Gasteiger partial charge in [0.1, 0.15) is 0 Å². The first-order valence-corrected chi connectivity index (χ1v) is 9.75. The molecule has 0 saturated carbocycles. The first-order chi connectivity index (χ1) is 12.2. The third kappa shape index (κ3) is 4.70. The molecule has 0 aromatic heterocycles. The van der Waals surface area contributed by atoms with Gasteiger partial charge in [-0.25, -0.2) is 8.42 Å². The highest BCUT2D eigenvalue weighted by molar-refractivity contribution is 7.92. The van der Waals surface area contributed by atoms with Gasteiger partial charge in [0.25, 0.3) is 15.9 Å². The second-order valence-electron chi connectivity index (χ2n) is 5.98. The van der Waals surface area contributed by atoms with Crippen LogP contribution in [0, 0.1) is 6.92 Å². The number of benzene rings is 2. The van der Waals surface area contributed by atoms with Crippen LogP contribution in [0.1, 0.15) is 46.5 Å². The zero-order chi connectivity index (χ0) is 19.3. The van der Waals surface area contributed by atoms with Gasteiger partial charge in [-0.3, -0.25) is 14.3 Å². The Labute approximate surface area is 153 Å². The SMILES string of the molecule is CCCNC(=O)c1cc(S(=O)(=O)Nc2cccc(C(C)=O)c2)ccc1C. The normalized spacial score (nSPS) is 11.0. The van der Waals surface area contributed by atoms with Crippen molar-refractivity contribution in [2.24, 2.45) is 0 Å². The van der Waals surface area contributed by atoms with E-state index in [1.165, 1.54) is 25.1 Å². The van der Waals surface area contributed by atoms with E-state index < -0.39 is 10.0 Å². The van der Waals surface area contributed by atoms with E-state index in [0.717, 1.165) is 6.42 Å². The molecular formula is C19H22N2O4S. The predicted molar refractivity (Wildman–Crippen MR) is 101 cm³/mol. The van der Waals surface area contributed by atoms with Crippen molar-refractivity contribution in [3.63, 3.8) is 0 Å². The second-order valence-corrected chi connectivity index (χ2v) is 7.66. The molecule has 2 aromatic carbocycles. The number of rotatable bonds is 7. The van der Waals surface area contributed by atoms with E-state index in [9.17, 15) is 18.0 Å². The number of Topliss-reactive ketones (excluding diaryl/α,β-unsaturated/α-hetero) is 1. The molecule has 26 heavy (non-hydrogen) atoms. The molecule has 2 aromatic rings. The average Bonchev–Trinajstić information content (AvgIpc) is 2.59. The highest BCUT2D eigenvalue weighted by Crippen LogP contribution is 2.20. The number of sulfonamides is 1. The van der Waals surface area contributed by atoms with E-state index in [2.05, 4.69) is 10.0 Å². The Bertz CT molecular complexity index is 936. The molecule has 0 aliphatic carbocycles. The quantitative estimate of drug-likeness (QED) is 0.728. The van der Waals surface area contributed by atoms with Gasteiger partial charge in [-0.2, -0.15) is 0 Å². The lowest BCUT2D eigenvalue weighted by molar-refractivity contribution is 0.0951. The minimum absolute atomic E-state index is 0.0158. The molecule has 0 bridgehead atoms. The maximum absolute atomic E-state index is 12.7. The summed E-state index contributed by atoms with van der Waals surface area (Å²) < 4.78 is 27.8. The Morgan fingerprint density at radius 2 is 1.81 bits per heavy atom. The smallest absolute Gasteiger partial charge is 0.261 e. The van der Waals surface area contributed by atoms with Gasteiger partial charge in [0.2, 0.25) is 0 Å². The molecule has 0 heterocycles. The highest BCUT2D eigenvalue weighted by Gasteiger charge is 2.18. The summed E-state index contributed by atoms with van der Waals surface area (Å²) >= 11 is 0. The lowest BCUT2D eigenvalue weighted by atomic mass is 10.1. The molecule has 0 radical (unpaired) electrons. The van der Waals surface area contributed by atoms with Crippen LogP contribution in [0.25, 0.3) is 0 Å². The fourth-order valence-electron chi connectivity index (χ4n) is 2.36. The van der Waals surface area contributed by atoms with E-state index >= 15 is 0 Å². The molecule has 0 atom stereocenters. The van der Waals surface area contributed by atoms with Crippen LogP contribution in [0.5, 0.6) is 0 Å². The van der Waals surface area contributed by atoms with Crippen LogP contribution in [0.15, 0.2) is 47.4 Å². The molecule has 1 amide bonds. The van der Waals surface area contributed by atoms with Crippen LogP contribution < -0.4 is 10.0 Å². The molecule has 0 fully saturated rings. The van der Waals surface area contributed by atoms with E-state index in [1.807, 2.05) is 6.92 Å². The summed E-state index contributed by atoms with van der Waals surface area (Å²) in [5.41, 5.74) is 1.71. The third-order valence-corrected chi connectivity index (χ3v) is 5.20. The van der Waals surface area contributed by atoms with Crippen molar-refractivity contribution >= 4 is 27.4 Å². The zero-order valence-electron chi connectivity index (χ0n) is 15.0. The summed E-state index contributed by atoms with van der Waals surface area (Å²) in [6.07, 6.45) is 0.789. The van der Waals surface area contributed by atoms with Gasteiger partial charge in [-0.15, -0.1) is 0 Å². The molecule has 6 nitrogen and oxygen atoms in total. The topological polar surface area (TPSA) is 92.3 Å². The molecule has 2 rings (SSSR count). The summed E-state index contributed by atoms with van der Waals surface area (Å²) in [5.74, 6) is -0.462. The summed E-state index contributed by atoms with van der Waals surface area (Å²) in [6.45, 7) is 5.62. The lowest BCUT2D eigenvalue weighted by Gasteiger charge is -2.12. The van der Waals surface area contributed by atoms with Crippen molar-refractivity contribution in [2.45, 2.75) is 32.1 Å². The summed E-state index contributed by atoms with van der Waals surface area (Å²) in [5, 5.41) is 2.75. The van der Waals surface area contributed by atoms with E-state index in [4.69, 9.17) is 0 Å². The molecule has 2 N–H and O–H groups in total. The molecule has 0 unspecified atom stereocenters. The number of ketones is 1. The molecule has 0 aliphatic rings. The third-order valence-electron chi connectivity index (χ3n) is 3.82. The number of anilines is 1. The first kappa shape index (κ1) is 19.7. The lowest BCUT2D eigenvalue weighted by Crippen LogP contribution is -2.25. The Morgan fingerprint density at radius 1 is 1.08 bits per heavy atom. The van der Waals surface area contributed by atoms with Crippen LogP contribution >= 0.6 is 0 Å². The first-order valence-electron chi connectivity index (χ1n) is 8.27. The maximum atomic E-state index is 12.7. The summed E-state index contributed by atoms with van der Waals surface area (Å²) in [6, 6.07) is 10.7.